The average Bonchev–Trinajstić information content (AvgIpc) is 2.72. The van der Waals surface area contributed by atoms with E-state index in [0.29, 0.717) is 31.1 Å². The molecule has 1 heterocycles. The Balaban J connectivity index is 1.61. The van der Waals surface area contributed by atoms with Gasteiger partial charge in [0, 0.05) is 31.8 Å². The van der Waals surface area contributed by atoms with Crippen molar-refractivity contribution in [3.05, 3.63) is 81.4 Å². The number of piperidine rings is 1. The Bertz CT molecular complexity index is 855. The van der Waals surface area contributed by atoms with Crippen molar-refractivity contribution in [2.24, 2.45) is 5.73 Å². The number of nitro groups is 1. The summed E-state index contributed by atoms with van der Waals surface area (Å²) in [6, 6.07) is 14.7. The second kappa shape index (κ2) is 8.60. The van der Waals surface area contributed by atoms with E-state index in [4.69, 9.17) is 5.73 Å². The van der Waals surface area contributed by atoms with Crippen LogP contribution in [0.2, 0.25) is 0 Å². The van der Waals surface area contributed by atoms with E-state index in [9.17, 15) is 14.9 Å². The Kier molecular flexibility index (Phi) is 5.98. The number of benzene rings is 2. The summed E-state index contributed by atoms with van der Waals surface area (Å²) in [7, 11) is 0. The van der Waals surface area contributed by atoms with Gasteiger partial charge in [-0.2, -0.15) is 0 Å². The smallest absolute Gasteiger partial charge is 0.276 e. The lowest BCUT2D eigenvalue weighted by atomic mass is 9.88. The standard InChI is InChI=1S/C21H23N3O3/c22-15-16-4-3-6-19(14-16)17-10-12-23(13-11-17)21(25)9-8-18-5-1-2-7-20(18)24(26)27/h1-9,14,17H,10-13,15,22H2. The normalized spacial score (nSPS) is 15.2. The number of nitro benzene ring substituents is 1. The van der Waals surface area contributed by atoms with E-state index in [0.717, 1.165) is 18.4 Å². The molecule has 0 spiro atoms. The van der Waals surface area contributed by atoms with Crippen LogP contribution >= 0.6 is 0 Å². The first kappa shape index (κ1) is 18.8. The lowest BCUT2D eigenvalue weighted by Gasteiger charge is -2.31. The first-order valence-corrected chi connectivity index (χ1v) is 9.08. The monoisotopic (exact) mass is 365 g/mol. The summed E-state index contributed by atoms with van der Waals surface area (Å²) >= 11 is 0. The zero-order chi connectivity index (χ0) is 19.2. The second-order valence-corrected chi connectivity index (χ2v) is 6.70. The topological polar surface area (TPSA) is 89.5 Å². The van der Waals surface area contributed by atoms with Crippen LogP contribution in [0, 0.1) is 10.1 Å². The molecular weight excluding hydrogens is 342 g/mol. The quantitative estimate of drug-likeness (QED) is 0.499. The molecule has 0 atom stereocenters. The van der Waals surface area contributed by atoms with Crippen LogP contribution < -0.4 is 5.73 Å². The van der Waals surface area contributed by atoms with Crippen LogP contribution in [0.15, 0.2) is 54.6 Å². The number of amides is 1. The lowest BCUT2D eigenvalue weighted by Crippen LogP contribution is -2.36. The molecule has 0 radical (unpaired) electrons. The summed E-state index contributed by atoms with van der Waals surface area (Å²) in [6.07, 6.45) is 4.76. The lowest BCUT2D eigenvalue weighted by molar-refractivity contribution is -0.385. The Morgan fingerprint density at radius 2 is 1.93 bits per heavy atom. The van der Waals surface area contributed by atoms with Crippen molar-refractivity contribution < 1.29 is 9.72 Å². The van der Waals surface area contributed by atoms with E-state index in [1.54, 1.807) is 23.1 Å². The van der Waals surface area contributed by atoms with Crippen molar-refractivity contribution in [2.75, 3.05) is 13.1 Å². The van der Waals surface area contributed by atoms with Gasteiger partial charge in [0.2, 0.25) is 5.91 Å². The third kappa shape index (κ3) is 4.60. The molecule has 0 bridgehead atoms. The molecule has 2 aromatic carbocycles. The highest BCUT2D eigenvalue weighted by Crippen LogP contribution is 2.29. The molecule has 2 aromatic rings. The van der Waals surface area contributed by atoms with E-state index in [-0.39, 0.29) is 11.6 Å². The molecule has 0 saturated carbocycles. The van der Waals surface area contributed by atoms with Gasteiger partial charge in [-0.15, -0.1) is 0 Å². The summed E-state index contributed by atoms with van der Waals surface area (Å²) in [5.74, 6) is 0.321. The Morgan fingerprint density at radius 1 is 1.19 bits per heavy atom. The molecule has 1 aliphatic heterocycles. The minimum atomic E-state index is -0.439. The maximum Gasteiger partial charge on any atom is 0.276 e. The summed E-state index contributed by atoms with van der Waals surface area (Å²) in [5, 5.41) is 11.1. The summed E-state index contributed by atoms with van der Waals surface area (Å²) in [5.41, 5.74) is 8.55. The number of carbonyl (C=O) groups is 1. The fourth-order valence-corrected chi connectivity index (χ4v) is 3.47. The highest BCUT2D eigenvalue weighted by Gasteiger charge is 2.23. The van der Waals surface area contributed by atoms with Crippen LogP contribution in [0.5, 0.6) is 0 Å². The molecule has 0 unspecified atom stereocenters. The third-order valence-electron chi connectivity index (χ3n) is 5.00. The Hall–Kier alpha value is -2.99. The highest BCUT2D eigenvalue weighted by atomic mass is 16.6. The predicted molar refractivity (Wildman–Crippen MR) is 105 cm³/mol. The molecule has 1 fully saturated rings. The van der Waals surface area contributed by atoms with Crippen molar-refractivity contribution in [1.82, 2.24) is 4.90 Å². The van der Waals surface area contributed by atoms with E-state index in [1.807, 2.05) is 12.1 Å². The van der Waals surface area contributed by atoms with Crippen LogP contribution in [0.25, 0.3) is 6.08 Å². The summed E-state index contributed by atoms with van der Waals surface area (Å²) in [6.45, 7) is 1.89. The van der Waals surface area contributed by atoms with Crippen molar-refractivity contribution >= 4 is 17.7 Å². The van der Waals surface area contributed by atoms with E-state index < -0.39 is 4.92 Å². The van der Waals surface area contributed by atoms with E-state index in [2.05, 4.69) is 12.1 Å². The van der Waals surface area contributed by atoms with Gasteiger partial charge in [-0.1, -0.05) is 36.4 Å². The molecule has 1 saturated heterocycles. The van der Waals surface area contributed by atoms with Crippen LogP contribution in [0.3, 0.4) is 0 Å². The number of rotatable bonds is 5. The van der Waals surface area contributed by atoms with Crippen molar-refractivity contribution in [1.29, 1.82) is 0 Å². The van der Waals surface area contributed by atoms with Gasteiger partial charge in [0.1, 0.15) is 0 Å². The summed E-state index contributed by atoms with van der Waals surface area (Å²) < 4.78 is 0. The maximum absolute atomic E-state index is 12.4. The second-order valence-electron chi connectivity index (χ2n) is 6.70. The number of likely N-dealkylation sites (tertiary alicyclic amines) is 1. The highest BCUT2D eigenvalue weighted by molar-refractivity contribution is 5.92. The zero-order valence-corrected chi connectivity index (χ0v) is 15.1. The van der Waals surface area contributed by atoms with Gasteiger partial charge in [-0.05, 0) is 42.0 Å². The molecule has 6 heteroatoms. The number of carbonyl (C=O) groups excluding carboxylic acids is 1. The molecule has 1 amide bonds. The molecule has 6 nitrogen and oxygen atoms in total. The van der Waals surface area contributed by atoms with Gasteiger partial charge in [0.25, 0.3) is 5.69 Å². The molecule has 0 aromatic heterocycles. The molecule has 27 heavy (non-hydrogen) atoms. The van der Waals surface area contributed by atoms with Gasteiger partial charge in [-0.25, -0.2) is 0 Å². The zero-order valence-electron chi connectivity index (χ0n) is 15.1. The number of nitrogens with zero attached hydrogens (tertiary/aromatic N) is 2. The Labute approximate surface area is 158 Å². The van der Waals surface area contributed by atoms with E-state index >= 15 is 0 Å². The average molecular weight is 365 g/mol. The number of hydrogen-bond acceptors (Lipinski definition) is 4. The first-order valence-electron chi connectivity index (χ1n) is 9.08. The molecule has 0 aliphatic carbocycles. The van der Waals surface area contributed by atoms with Crippen LogP contribution in [-0.2, 0) is 11.3 Å². The van der Waals surface area contributed by atoms with Crippen LogP contribution in [0.1, 0.15) is 35.4 Å². The van der Waals surface area contributed by atoms with Gasteiger partial charge >= 0.3 is 0 Å². The first-order chi connectivity index (χ1) is 13.1. The van der Waals surface area contributed by atoms with Crippen LogP contribution in [0.4, 0.5) is 5.69 Å². The van der Waals surface area contributed by atoms with Gasteiger partial charge < -0.3 is 10.6 Å². The number of hydrogen-bond donors (Lipinski definition) is 1. The fourth-order valence-electron chi connectivity index (χ4n) is 3.47. The fraction of sp³-hybridized carbons (Fsp3) is 0.286. The molecule has 2 N–H and O–H groups in total. The number of nitrogens with two attached hydrogens (primary N) is 1. The van der Waals surface area contributed by atoms with Gasteiger partial charge in [-0.3, -0.25) is 14.9 Å². The minimum Gasteiger partial charge on any atom is -0.339 e. The van der Waals surface area contributed by atoms with Crippen LogP contribution in [-0.4, -0.2) is 28.8 Å². The van der Waals surface area contributed by atoms with Gasteiger partial charge in [0.05, 0.1) is 10.5 Å². The summed E-state index contributed by atoms with van der Waals surface area (Å²) in [4.78, 5) is 24.9. The molecule has 1 aliphatic rings. The molecule has 140 valence electrons. The van der Waals surface area contributed by atoms with Crippen molar-refractivity contribution in [3.63, 3.8) is 0 Å². The maximum atomic E-state index is 12.4. The van der Waals surface area contributed by atoms with E-state index in [1.165, 1.54) is 23.8 Å². The van der Waals surface area contributed by atoms with Gasteiger partial charge in [0.15, 0.2) is 0 Å². The SMILES string of the molecule is NCc1cccc(C2CCN(C(=O)C=Cc3ccccc3[N+](=O)[O-])CC2)c1. The van der Waals surface area contributed by atoms with Crippen molar-refractivity contribution in [2.45, 2.75) is 25.3 Å². The minimum absolute atomic E-state index is 0.0000405. The predicted octanol–water partition coefficient (Wildman–Crippen LogP) is 3.47. The molecular formula is C21H23N3O3. The largest absolute Gasteiger partial charge is 0.339 e. The Morgan fingerprint density at radius 3 is 2.63 bits per heavy atom. The molecule has 3 rings (SSSR count). The van der Waals surface area contributed by atoms with Crippen molar-refractivity contribution in [3.8, 4) is 0 Å². The third-order valence-corrected chi connectivity index (χ3v) is 5.00. The number of para-hydroxylation sites is 1.